The molecule has 0 saturated carbocycles. The summed E-state index contributed by atoms with van der Waals surface area (Å²) < 4.78 is 0. The zero-order valence-corrected chi connectivity index (χ0v) is 11.4. The predicted molar refractivity (Wildman–Crippen MR) is 74.9 cm³/mol. The van der Waals surface area contributed by atoms with Gasteiger partial charge >= 0.3 is 0 Å². The molecule has 2 rings (SSSR count). The maximum Gasteiger partial charge on any atom is 0.138 e. The Morgan fingerprint density at radius 3 is 2.79 bits per heavy atom. The molecule has 0 bridgehead atoms. The van der Waals surface area contributed by atoms with E-state index in [1.54, 1.807) is 6.07 Å². The highest BCUT2D eigenvalue weighted by Gasteiger charge is 2.24. The average molecular weight is 259 g/mol. The summed E-state index contributed by atoms with van der Waals surface area (Å²) in [6, 6.07) is 7.73. The molecule has 1 aliphatic rings. The van der Waals surface area contributed by atoms with Crippen LogP contribution in [0.15, 0.2) is 18.2 Å². The Hall–Kier alpha value is -1.57. The van der Waals surface area contributed by atoms with Crippen molar-refractivity contribution in [3.05, 3.63) is 29.3 Å². The van der Waals surface area contributed by atoms with E-state index in [4.69, 9.17) is 5.26 Å². The molecule has 1 heterocycles. The van der Waals surface area contributed by atoms with Crippen molar-refractivity contribution in [2.75, 3.05) is 26.2 Å². The highest BCUT2D eigenvalue weighted by atomic mass is 16.3. The van der Waals surface area contributed by atoms with Crippen molar-refractivity contribution < 1.29 is 5.11 Å². The van der Waals surface area contributed by atoms with Crippen molar-refractivity contribution in [3.8, 4) is 11.8 Å². The van der Waals surface area contributed by atoms with Gasteiger partial charge < -0.3 is 10.4 Å². The molecule has 102 valence electrons. The lowest BCUT2D eigenvalue weighted by molar-refractivity contribution is 0.162. The Kier molecular flexibility index (Phi) is 4.78. The minimum Gasteiger partial charge on any atom is -0.506 e. The summed E-state index contributed by atoms with van der Waals surface area (Å²) >= 11 is 0. The fourth-order valence-corrected chi connectivity index (χ4v) is 2.72. The highest BCUT2D eigenvalue weighted by molar-refractivity contribution is 5.48. The number of piperazine rings is 1. The first-order valence-electron chi connectivity index (χ1n) is 6.94. The van der Waals surface area contributed by atoms with Gasteiger partial charge in [0.1, 0.15) is 11.8 Å². The summed E-state index contributed by atoms with van der Waals surface area (Å²) in [5.74, 6) is 0.155. The monoisotopic (exact) mass is 259 g/mol. The third-order valence-electron chi connectivity index (χ3n) is 3.70. The minimum absolute atomic E-state index is 0.155. The molecular weight excluding hydrogens is 238 g/mol. The van der Waals surface area contributed by atoms with Crippen molar-refractivity contribution in [3.63, 3.8) is 0 Å². The van der Waals surface area contributed by atoms with Gasteiger partial charge in [0.05, 0.1) is 5.56 Å². The number of hydrogen-bond donors (Lipinski definition) is 2. The standard InChI is InChI=1S/C15H21N3O/c1-2-4-14(18-9-7-17-8-10-18)13-6-3-5-12(11-16)15(13)19/h3,5-6,14,17,19H,2,4,7-10H2,1H3/t14-/m0/s1. The second-order valence-electron chi connectivity index (χ2n) is 4.95. The predicted octanol–water partition coefficient (Wildman–Crippen LogP) is 2.01. The molecule has 0 radical (unpaired) electrons. The van der Waals surface area contributed by atoms with Gasteiger partial charge in [0.15, 0.2) is 0 Å². The first-order valence-corrected chi connectivity index (χ1v) is 6.94. The molecule has 0 unspecified atom stereocenters. The van der Waals surface area contributed by atoms with Crippen molar-refractivity contribution in [2.45, 2.75) is 25.8 Å². The van der Waals surface area contributed by atoms with Gasteiger partial charge in [-0.3, -0.25) is 4.90 Å². The van der Waals surface area contributed by atoms with Gasteiger partial charge in [0.2, 0.25) is 0 Å². The van der Waals surface area contributed by atoms with E-state index in [2.05, 4.69) is 23.2 Å². The molecule has 1 aromatic rings. The van der Waals surface area contributed by atoms with Crippen molar-refractivity contribution >= 4 is 0 Å². The van der Waals surface area contributed by atoms with E-state index in [0.29, 0.717) is 5.56 Å². The molecule has 19 heavy (non-hydrogen) atoms. The van der Waals surface area contributed by atoms with E-state index < -0.39 is 0 Å². The van der Waals surface area contributed by atoms with E-state index in [0.717, 1.165) is 44.6 Å². The second-order valence-corrected chi connectivity index (χ2v) is 4.95. The summed E-state index contributed by atoms with van der Waals surface area (Å²) in [6.07, 6.45) is 2.06. The summed E-state index contributed by atoms with van der Waals surface area (Å²) in [5.41, 5.74) is 1.26. The van der Waals surface area contributed by atoms with Crippen LogP contribution in [0.4, 0.5) is 0 Å². The fourth-order valence-electron chi connectivity index (χ4n) is 2.72. The Morgan fingerprint density at radius 2 is 2.16 bits per heavy atom. The van der Waals surface area contributed by atoms with Crippen LogP contribution in [0.5, 0.6) is 5.75 Å². The van der Waals surface area contributed by atoms with Crippen LogP contribution in [0.25, 0.3) is 0 Å². The summed E-state index contributed by atoms with van der Waals surface area (Å²) in [7, 11) is 0. The highest BCUT2D eigenvalue weighted by Crippen LogP contribution is 2.34. The quantitative estimate of drug-likeness (QED) is 0.868. The maximum absolute atomic E-state index is 10.3. The number of benzene rings is 1. The summed E-state index contributed by atoms with van der Waals surface area (Å²) in [5, 5.41) is 22.6. The van der Waals surface area contributed by atoms with Gasteiger partial charge in [-0.2, -0.15) is 5.26 Å². The smallest absolute Gasteiger partial charge is 0.138 e. The normalized spacial score (nSPS) is 17.9. The lowest BCUT2D eigenvalue weighted by Gasteiger charge is -2.35. The van der Waals surface area contributed by atoms with Crippen molar-refractivity contribution in [1.29, 1.82) is 5.26 Å². The third kappa shape index (κ3) is 3.06. The number of nitriles is 1. The van der Waals surface area contributed by atoms with Gasteiger partial charge in [-0.15, -0.1) is 0 Å². The van der Waals surface area contributed by atoms with Crippen LogP contribution >= 0.6 is 0 Å². The average Bonchev–Trinajstić information content (AvgIpc) is 2.46. The number of phenols is 1. The maximum atomic E-state index is 10.3. The Morgan fingerprint density at radius 1 is 1.42 bits per heavy atom. The van der Waals surface area contributed by atoms with Crippen molar-refractivity contribution in [1.82, 2.24) is 10.2 Å². The number of nitrogens with zero attached hydrogens (tertiary/aromatic N) is 2. The molecule has 0 aliphatic carbocycles. The van der Waals surface area contributed by atoms with E-state index >= 15 is 0 Å². The van der Waals surface area contributed by atoms with Gasteiger partial charge in [-0.05, 0) is 12.5 Å². The fraction of sp³-hybridized carbons (Fsp3) is 0.533. The zero-order chi connectivity index (χ0) is 13.7. The molecule has 1 atom stereocenters. The molecule has 0 aromatic heterocycles. The molecule has 0 amide bonds. The largest absolute Gasteiger partial charge is 0.506 e. The molecule has 4 nitrogen and oxygen atoms in total. The molecular formula is C15H21N3O. The number of rotatable bonds is 4. The number of hydrogen-bond acceptors (Lipinski definition) is 4. The van der Waals surface area contributed by atoms with Crippen LogP contribution in [0.2, 0.25) is 0 Å². The Balaban J connectivity index is 2.30. The lowest BCUT2D eigenvalue weighted by Crippen LogP contribution is -2.45. The van der Waals surface area contributed by atoms with Crippen LogP contribution in [-0.2, 0) is 0 Å². The van der Waals surface area contributed by atoms with Gasteiger partial charge in [-0.1, -0.05) is 25.5 Å². The van der Waals surface area contributed by atoms with E-state index in [1.807, 2.05) is 12.1 Å². The molecule has 4 heteroatoms. The molecule has 1 fully saturated rings. The van der Waals surface area contributed by atoms with Crippen LogP contribution in [0, 0.1) is 11.3 Å². The summed E-state index contributed by atoms with van der Waals surface area (Å²) in [4.78, 5) is 2.40. The zero-order valence-electron chi connectivity index (χ0n) is 11.4. The van der Waals surface area contributed by atoms with E-state index in [1.165, 1.54) is 0 Å². The molecule has 2 N–H and O–H groups in total. The van der Waals surface area contributed by atoms with E-state index in [-0.39, 0.29) is 11.8 Å². The molecule has 0 spiro atoms. The molecule has 1 aliphatic heterocycles. The number of aromatic hydroxyl groups is 1. The topological polar surface area (TPSA) is 59.3 Å². The second kappa shape index (κ2) is 6.55. The van der Waals surface area contributed by atoms with Gasteiger partial charge in [0, 0.05) is 37.8 Å². The lowest BCUT2D eigenvalue weighted by atomic mass is 9.97. The molecule has 1 saturated heterocycles. The number of para-hydroxylation sites is 1. The number of nitrogens with one attached hydrogen (secondary N) is 1. The van der Waals surface area contributed by atoms with Crippen LogP contribution in [0.3, 0.4) is 0 Å². The Labute approximate surface area is 114 Å². The summed E-state index contributed by atoms with van der Waals surface area (Å²) in [6.45, 7) is 6.10. The third-order valence-corrected chi connectivity index (χ3v) is 3.70. The molecule has 1 aromatic carbocycles. The SMILES string of the molecule is CCC[C@@H](c1cccc(C#N)c1O)N1CCNCC1. The van der Waals surface area contributed by atoms with E-state index in [9.17, 15) is 5.11 Å². The first kappa shape index (κ1) is 13.9. The van der Waals surface area contributed by atoms with Gasteiger partial charge in [0.25, 0.3) is 0 Å². The Bertz CT molecular complexity index is 461. The minimum atomic E-state index is 0.155. The van der Waals surface area contributed by atoms with Gasteiger partial charge in [-0.25, -0.2) is 0 Å². The van der Waals surface area contributed by atoms with Crippen molar-refractivity contribution in [2.24, 2.45) is 0 Å². The first-order chi connectivity index (χ1) is 9.27. The van der Waals surface area contributed by atoms with Crippen LogP contribution < -0.4 is 5.32 Å². The number of phenolic OH excluding ortho intramolecular Hbond substituents is 1. The van der Waals surface area contributed by atoms with Crippen LogP contribution in [0.1, 0.15) is 36.9 Å². The van der Waals surface area contributed by atoms with Crippen LogP contribution in [-0.4, -0.2) is 36.2 Å².